The Labute approximate surface area is 70.9 Å². The second-order valence-electron chi connectivity index (χ2n) is 1.17. The summed E-state index contributed by atoms with van der Waals surface area (Å²) in [6, 6.07) is 0. The van der Waals surface area contributed by atoms with E-state index >= 15 is 0 Å². The molecule has 0 N–H and O–H groups in total. The van der Waals surface area contributed by atoms with Crippen LogP contribution in [0.25, 0.3) is 0 Å². The molecule has 0 heterocycles. The zero-order chi connectivity index (χ0) is 8.58. The van der Waals surface area contributed by atoms with Crippen LogP contribution in [0.15, 0.2) is 0 Å². The molecule has 0 saturated carbocycles. The fourth-order valence-electron chi connectivity index (χ4n) is 0.0875. The van der Waals surface area contributed by atoms with Crippen molar-refractivity contribution in [3.8, 4) is 0 Å². The summed E-state index contributed by atoms with van der Waals surface area (Å²) in [6.07, 6.45) is 0. The molecule has 9 heteroatoms. The van der Waals surface area contributed by atoms with Gasteiger partial charge in [0, 0.05) is 0 Å². The van der Waals surface area contributed by atoms with E-state index in [2.05, 4.69) is 0 Å². The van der Waals surface area contributed by atoms with Crippen LogP contribution < -0.4 is 0 Å². The van der Waals surface area contributed by atoms with Crippen LogP contribution in [0.5, 0.6) is 0 Å². The van der Waals surface area contributed by atoms with Gasteiger partial charge in [0.25, 0.3) is 0 Å². The zero-order valence-corrected chi connectivity index (χ0v) is 4.93. The minimum atomic E-state index is -6.33. The van der Waals surface area contributed by atoms with Gasteiger partial charge in [-0.15, -0.1) is 0 Å². The van der Waals surface area contributed by atoms with E-state index in [-0.39, 0.29) is 18.9 Å². The summed E-state index contributed by atoms with van der Waals surface area (Å²) >= 11 is 0. The van der Waals surface area contributed by atoms with Crippen molar-refractivity contribution in [1.29, 1.82) is 0 Å². The quantitative estimate of drug-likeness (QED) is 0.450. The van der Waals surface area contributed by atoms with E-state index in [1.54, 1.807) is 0 Å². The van der Waals surface area contributed by atoms with E-state index in [4.69, 9.17) is 0 Å². The maximum atomic E-state index is 11.0. The van der Waals surface area contributed by atoms with Crippen LogP contribution in [0.1, 0.15) is 0 Å². The predicted octanol–water partition coefficient (Wildman–Crippen LogP) is 0.658. The fraction of sp³-hybridized carbons (Fsp3) is 0.500. The van der Waals surface area contributed by atoms with Crippen molar-refractivity contribution in [3.05, 3.63) is 5.76 Å². The van der Waals surface area contributed by atoms with E-state index in [9.17, 15) is 30.4 Å². The van der Waals surface area contributed by atoms with E-state index in [0.29, 0.717) is 0 Å². The molecule has 0 aliphatic rings. The summed E-state index contributed by atoms with van der Waals surface area (Å²) in [6.45, 7) is 0. The molecular formula is C2HF5LiO2S. The van der Waals surface area contributed by atoms with Crippen molar-refractivity contribution in [2.45, 2.75) is 5.51 Å². The van der Waals surface area contributed by atoms with Gasteiger partial charge in [-0.3, -0.25) is 0 Å². The molecule has 1 radical (unpaired) electrons. The van der Waals surface area contributed by atoms with Gasteiger partial charge in [0.15, 0.2) is 0 Å². The molecule has 0 rings (SSSR count). The van der Waals surface area contributed by atoms with E-state index in [1.165, 1.54) is 0 Å². The Balaban J connectivity index is 0. The first kappa shape index (κ1) is 13.8. The molecule has 0 atom stereocenters. The standard InChI is InChI=1S/C2F5O2S.Li.H/c3-1(4)10(8,9)2(5,6)7;;. The molecule has 0 aromatic heterocycles. The van der Waals surface area contributed by atoms with Crippen molar-refractivity contribution in [1.82, 2.24) is 0 Å². The molecule has 0 aliphatic heterocycles. The van der Waals surface area contributed by atoms with E-state index < -0.39 is 21.1 Å². The van der Waals surface area contributed by atoms with E-state index in [0.717, 1.165) is 0 Å². The van der Waals surface area contributed by atoms with Crippen LogP contribution in [0.2, 0.25) is 0 Å². The molecule has 0 aromatic rings. The van der Waals surface area contributed by atoms with Gasteiger partial charge in [-0.25, -0.2) is 8.42 Å². The third kappa shape index (κ3) is 2.97. The van der Waals surface area contributed by atoms with E-state index in [1.807, 2.05) is 0 Å². The Morgan fingerprint density at radius 1 is 1.09 bits per heavy atom. The molecule has 2 nitrogen and oxygen atoms in total. The number of hydrogen-bond acceptors (Lipinski definition) is 2. The molecule has 0 fully saturated rings. The molecule has 0 unspecified atom stereocenters. The minimum absolute atomic E-state index is 0. The van der Waals surface area contributed by atoms with Crippen molar-refractivity contribution in [2.24, 2.45) is 0 Å². The molecule has 0 amide bonds. The molecule has 0 aliphatic carbocycles. The fourth-order valence-corrected chi connectivity index (χ4v) is 0.262. The van der Waals surface area contributed by atoms with Crippen LogP contribution >= 0.6 is 0 Å². The number of rotatable bonds is 1. The second-order valence-corrected chi connectivity index (χ2v) is 2.95. The second kappa shape index (κ2) is 3.73. The topological polar surface area (TPSA) is 34.1 Å². The first-order valence-corrected chi connectivity index (χ1v) is 3.17. The van der Waals surface area contributed by atoms with Crippen LogP contribution in [-0.2, 0) is 9.84 Å². The van der Waals surface area contributed by atoms with Crippen LogP contribution in [-0.4, -0.2) is 32.8 Å². The van der Waals surface area contributed by atoms with Gasteiger partial charge in [-0.2, -0.15) is 22.0 Å². The number of halogens is 5. The van der Waals surface area contributed by atoms with Crippen LogP contribution in [0.3, 0.4) is 0 Å². The van der Waals surface area contributed by atoms with Gasteiger partial charge in [0.05, 0.1) is 0 Å². The Morgan fingerprint density at radius 3 is 1.36 bits per heavy atom. The van der Waals surface area contributed by atoms with Gasteiger partial charge in [-0.05, 0) is 0 Å². The molecular weight excluding hydrogens is 190 g/mol. The summed E-state index contributed by atoms with van der Waals surface area (Å²) < 4.78 is 73.7. The van der Waals surface area contributed by atoms with Crippen LogP contribution in [0.4, 0.5) is 22.0 Å². The Morgan fingerprint density at radius 2 is 1.36 bits per heavy atom. The molecule has 0 bridgehead atoms. The maximum absolute atomic E-state index is 11.0. The Kier molecular flexibility index (Phi) is 4.67. The average Bonchev–Trinajstić information content (AvgIpc) is 1.62. The normalized spacial score (nSPS) is 12.9. The van der Waals surface area contributed by atoms with Gasteiger partial charge in [0.2, 0.25) is 0 Å². The molecule has 0 saturated heterocycles. The van der Waals surface area contributed by atoms with Crippen molar-refractivity contribution < 1.29 is 30.4 Å². The molecule has 0 aromatic carbocycles. The van der Waals surface area contributed by atoms with Gasteiger partial charge in [-0.1, -0.05) is 0 Å². The third-order valence-corrected chi connectivity index (χ3v) is 1.52. The summed E-state index contributed by atoms with van der Waals surface area (Å²) in [4.78, 5) is 0. The van der Waals surface area contributed by atoms with Crippen molar-refractivity contribution in [3.63, 3.8) is 0 Å². The summed E-state index contributed by atoms with van der Waals surface area (Å²) in [5, 5.41) is 0. The van der Waals surface area contributed by atoms with Crippen molar-refractivity contribution >= 4 is 28.7 Å². The van der Waals surface area contributed by atoms with Gasteiger partial charge < -0.3 is 0 Å². The third-order valence-electron chi connectivity index (χ3n) is 0.508. The molecule has 63 valence electrons. The first-order valence-electron chi connectivity index (χ1n) is 1.69. The zero-order valence-electron chi connectivity index (χ0n) is 4.11. The number of sulfone groups is 1. The first-order chi connectivity index (χ1) is 4.19. The number of hydrogen-bond donors (Lipinski definition) is 0. The molecule has 0 spiro atoms. The summed E-state index contributed by atoms with van der Waals surface area (Å²) in [7, 11) is -6.33. The summed E-state index contributed by atoms with van der Waals surface area (Å²) in [5.41, 5.74) is -5.90. The summed E-state index contributed by atoms with van der Waals surface area (Å²) in [5.74, 6) is -3.64. The Bertz CT molecular complexity index is 205. The van der Waals surface area contributed by atoms with Crippen LogP contribution in [0, 0.1) is 5.76 Å². The van der Waals surface area contributed by atoms with Gasteiger partial charge >= 0.3 is 40.0 Å². The van der Waals surface area contributed by atoms with Crippen molar-refractivity contribution in [2.75, 3.05) is 0 Å². The SMILES string of the molecule is O=S(=O)([C](F)F)C(F)(F)F.[LiH]. The Hall–Kier alpha value is 0.197. The predicted molar refractivity (Wildman–Crippen MR) is 27.6 cm³/mol. The van der Waals surface area contributed by atoms with Gasteiger partial charge in [0.1, 0.15) is 0 Å². The molecule has 11 heavy (non-hydrogen) atoms. The monoisotopic (exact) mass is 191 g/mol. The average molecular weight is 191 g/mol. The number of alkyl halides is 3.